The summed E-state index contributed by atoms with van der Waals surface area (Å²) in [6.07, 6.45) is -4.68. The molecule has 0 aliphatic heterocycles. The van der Waals surface area contributed by atoms with E-state index in [0.717, 1.165) is 11.1 Å². The van der Waals surface area contributed by atoms with E-state index in [9.17, 15) is 18.0 Å². The Hall–Kier alpha value is -3.06. The number of benzene rings is 2. The van der Waals surface area contributed by atoms with Crippen molar-refractivity contribution < 1.29 is 13.2 Å². The molecule has 0 fully saturated rings. The van der Waals surface area contributed by atoms with Gasteiger partial charge in [0.2, 0.25) is 0 Å². The minimum absolute atomic E-state index is 0.0850. The highest BCUT2D eigenvalue weighted by Gasteiger charge is 2.36. The first-order valence-corrected chi connectivity index (χ1v) is 9.55. The smallest absolute Gasteiger partial charge is 0.288 e. The summed E-state index contributed by atoms with van der Waals surface area (Å²) >= 11 is 5.93. The van der Waals surface area contributed by atoms with Gasteiger partial charge in [-0.05, 0) is 43.7 Å². The number of nitrogens with zero attached hydrogens (tertiary/aromatic N) is 3. The highest BCUT2D eigenvalue weighted by atomic mass is 35.5. The lowest BCUT2D eigenvalue weighted by molar-refractivity contribution is -0.136. The lowest BCUT2D eigenvalue weighted by atomic mass is 10.1. The molecule has 0 aliphatic carbocycles. The molecular weight excluding hydrogens is 415 g/mol. The zero-order valence-corrected chi connectivity index (χ0v) is 16.9. The third-order valence-corrected chi connectivity index (χ3v) is 5.18. The molecule has 0 amide bonds. The molecule has 2 aromatic heterocycles. The van der Waals surface area contributed by atoms with Gasteiger partial charge in [0.1, 0.15) is 5.65 Å². The quantitative estimate of drug-likeness (QED) is 0.428. The average molecular weight is 432 g/mol. The van der Waals surface area contributed by atoms with Crippen molar-refractivity contribution in [2.75, 3.05) is 0 Å². The van der Waals surface area contributed by atoms with Gasteiger partial charge in [-0.1, -0.05) is 41.4 Å². The second-order valence-corrected chi connectivity index (χ2v) is 7.57. The summed E-state index contributed by atoms with van der Waals surface area (Å²) < 4.78 is 43.9. The standard InChI is InChI=1S/C22H17ClF3N3O/c1-13-3-9-17(10-4-13)29-21-20(14(2)27-29)18(22(24,25)26)11-19(30)28(21)12-15-5-7-16(23)8-6-15/h3-11H,12H2,1-2H3. The van der Waals surface area contributed by atoms with Crippen molar-refractivity contribution in [3.8, 4) is 5.69 Å². The number of pyridine rings is 1. The Morgan fingerprint density at radius 2 is 1.63 bits per heavy atom. The molecule has 0 saturated carbocycles. The first kappa shape index (κ1) is 20.2. The fraction of sp³-hybridized carbons (Fsp3) is 0.182. The summed E-state index contributed by atoms with van der Waals surface area (Å²) in [6.45, 7) is 3.51. The Morgan fingerprint density at radius 1 is 1.00 bits per heavy atom. The number of alkyl halides is 3. The molecule has 0 N–H and O–H groups in total. The van der Waals surface area contributed by atoms with Crippen LogP contribution in [0.2, 0.25) is 5.02 Å². The molecule has 0 radical (unpaired) electrons. The van der Waals surface area contributed by atoms with E-state index < -0.39 is 17.3 Å². The normalized spacial score (nSPS) is 11.9. The molecule has 0 spiro atoms. The zero-order chi connectivity index (χ0) is 21.6. The Bertz CT molecular complexity index is 1290. The summed E-state index contributed by atoms with van der Waals surface area (Å²) in [5.41, 5.74) is 0.873. The van der Waals surface area contributed by atoms with Gasteiger partial charge in [0.25, 0.3) is 5.56 Å². The molecule has 2 heterocycles. The third-order valence-electron chi connectivity index (χ3n) is 4.93. The summed E-state index contributed by atoms with van der Waals surface area (Å²) in [4.78, 5) is 12.8. The van der Waals surface area contributed by atoms with Crippen LogP contribution in [0.1, 0.15) is 22.4 Å². The average Bonchev–Trinajstić information content (AvgIpc) is 3.02. The van der Waals surface area contributed by atoms with Gasteiger partial charge in [-0.25, -0.2) is 4.68 Å². The topological polar surface area (TPSA) is 39.8 Å². The SMILES string of the molecule is Cc1ccc(-n2nc(C)c3c(C(F)(F)F)cc(=O)n(Cc4ccc(Cl)cc4)c32)cc1. The molecule has 4 rings (SSSR count). The molecule has 2 aromatic carbocycles. The highest BCUT2D eigenvalue weighted by Crippen LogP contribution is 2.36. The Morgan fingerprint density at radius 3 is 2.23 bits per heavy atom. The number of hydrogen-bond donors (Lipinski definition) is 0. The third kappa shape index (κ3) is 3.61. The fourth-order valence-electron chi connectivity index (χ4n) is 3.47. The van der Waals surface area contributed by atoms with E-state index in [-0.39, 0.29) is 23.3 Å². The van der Waals surface area contributed by atoms with Crippen LogP contribution in [-0.4, -0.2) is 14.3 Å². The van der Waals surface area contributed by atoms with Gasteiger partial charge in [0.15, 0.2) is 0 Å². The van der Waals surface area contributed by atoms with Crippen molar-refractivity contribution in [1.29, 1.82) is 0 Å². The lowest BCUT2D eigenvalue weighted by Gasteiger charge is -2.15. The van der Waals surface area contributed by atoms with Gasteiger partial charge in [-0.15, -0.1) is 0 Å². The monoisotopic (exact) mass is 431 g/mol. The lowest BCUT2D eigenvalue weighted by Crippen LogP contribution is -2.25. The van der Waals surface area contributed by atoms with Gasteiger partial charge in [0, 0.05) is 11.1 Å². The number of fused-ring (bicyclic) bond motifs is 1. The van der Waals surface area contributed by atoms with Crippen LogP contribution < -0.4 is 5.56 Å². The van der Waals surface area contributed by atoms with E-state index >= 15 is 0 Å². The van der Waals surface area contributed by atoms with E-state index in [0.29, 0.717) is 16.8 Å². The van der Waals surface area contributed by atoms with Crippen LogP contribution >= 0.6 is 11.6 Å². The zero-order valence-electron chi connectivity index (χ0n) is 16.2. The molecule has 4 aromatic rings. The van der Waals surface area contributed by atoms with Gasteiger partial charge < -0.3 is 0 Å². The molecule has 4 nitrogen and oxygen atoms in total. The molecule has 30 heavy (non-hydrogen) atoms. The highest BCUT2D eigenvalue weighted by molar-refractivity contribution is 6.30. The van der Waals surface area contributed by atoms with Crippen molar-refractivity contribution in [2.45, 2.75) is 26.6 Å². The summed E-state index contributed by atoms with van der Waals surface area (Å²) in [5.74, 6) is 0. The van der Waals surface area contributed by atoms with Crippen molar-refractivity contribution in [3.05, 3.63) is 92.4 Å². The van der Waals surface area contributed by atoms with E-state index in [1.807, 2.05) is 19.1 Å². The van der Waals surface area contributed by atoms with Crippen LogP contribution in [0.25, 0.3) is 16.7 Å². The molecular formula is C22H17ClF3N3O. The number of rotatable bonds is 3. The van der Waals surface area contributed by atoms with Crippen LogP contribution in [0.3, 0.4) is 0 Å². The van der Waals surface area contributed by atoms with Gasteiger partial charge in [0.05, 0.1) is 28.9 Å². The van der Waals surface area contributed by atoms with Crippen molar-refractivity contribution >= 4 is 22.6 Å². The fourth-order valence-corrected chi connectivity index (χ4v) is 3.60. The first-order chi connectivity index (χ1) is 14.1. The first-order valence-electron chi connectivity index (χ1n) is 9.17. The second-order valence-electron chi connectivity index (χ2n) is 7.14. The van der Waals surface area contributed by atoms with E-state index in [1.54, 1.807) is 36.4 Å². The van der Waals surface area contributed by atoms with E-state index in [4.69, 9.17) is 11.6 Å². The predicted octanol–water partition coefficient (Wildman–Crippen LogP) is 5.52. The maximum atomic E-state index is 13.7. The number of halogens is 4. The van der Waals surface area contributed by atoms with Crippen molar-refractivity contribution in [3.63, 3.8) is 0 Å². The maximum Gasteiger partial charge on any atom is 0.417 e. The number of aromatic nitrogens is 3. The number of aryl methyl sites for hydroxylation is 2. The minimum atomic E-state index is -4.68. The molecule has 154 valence electrons. The number of hydrogen-bond acceptors (Lipinski definition) is 2. The molecule has 0 aliphatic rings. The molecule has 0 unspecified atom stereocenters. The summed E-state index contributed by atoms with van der Waals surface area (Å²) in [5, 5.41) is 4.80. The predicted molar refractivity (Wildman–Crippen MR) is 110 cm³/mol. The Labute approximate surface area is 175 Å². The Kier molecular flexibility index (Phi) is 4.94. The second kappa shape index (κ2) is 7.32. The van der Waals surface area contributed by atoms with Gasteiger partial charge in [-0.2, -0.15) is 18.3 Å². The molecule has 0 atom stereocenters. The van der Waals surface area contributed by atoms with E-state index in [2.05, 4.69) is 5.10 Å². The largest absolute Gasteiger partial charge is 0.417 e. The van der Waals surface area contributed by atoms with Crippen LogP contribution in [0.5, 0.6) is 0 Å². The Balaban J connectivity index is 2.05. The van der Waals surface area contributed by atoms with Crippen LogP contribution in [0.15, 0.2) is 59.4 Å². The molecule has 8 heteroatoms. The van der Waals surface area contributed by atoms with Crippen molar-refractivity contribution in [1.82, 2.24) is 14.3 Å². The summed E-state index contributed by atoms with van der Waals surface area (Å²) in [6, 6.07) is 14.7. The van der Waals surface area contributed by atoms with Crippen LogP contribution in [0, 0.1) is 13.8 Å². The minimum Gasteiger partial charge on any atom is -0.288 e. The van der Waals surface area contributed by atoms with Crippen LogP contribution in [-0.2, 0) is 12.7 Å². The summed E-state index contributed by atoms with van der Waals surface area (Å²) in [7, 11) is 0. The van der Waals surface area contributed by atoms with Crippen molar-refractivity contribution in [2.24, 2.45) is 0 Å². The van der Waals surface area contributed by atoms with Gasteiger partial charge >= 0.3 is 6.18 Å². The molecule has 0 bridgehead atoms. The van der Waals surface area contributed by atoms with E-state index in [1.165, 1.54) is 16.2 Å². The molecule has 0 saturated heterocycles. The maximum absolute atomic E-state index is 13.7. The van der Waals surface area contributed by atoms with Crippen LogP contribution in [0.4, 0.5) is 13.2 Å². The van der Waals surface area contributed by atoms with Gasteiger partial charge in [-0.3, -0.25) is 9.36 Å².